The van der Waals surface area contributed by atoms with Crippen LogP contribution in [0.2, 0.25) is 0 Å². The summed E-state index contributed by atoms with van der Waals surface area (Å²) in [6.07, 6.45) is -4.92. The summed E-state index contributed by atoms with van der Waals surface area (Å²) in [7, 11) is 0. The SMILES string of the molecule is CC(C)(C)OC(=O)N[C@@H](Cc1ccc(F)cc1)[C@H]1C[C@@H](Cc2ccc(C(F)(F)F)cc2)OC1=O. The summed E-state index contributed by atoms with van der Waals surface area (Å²) in [6.45, 7) is 5.14. The average Bonchev–Trinajstić information content (AvgIpc) is 3.07. The van der Waals surface area contributed by atoms with Crippen LogP contribution in [0.3, 0.4) is 0 Å². The normalized spacial score (nSPS) is 19.4. The summed E-state index contributed by atoms with van der Waals surface area (Å²) in [4.78, 5) is 25.1. The van der Waals surface area contributed by atoms with Crippen molar-refractivity contribution in [1.82, 2.24) is 5.32 Å². The van der Waals surface area contributed by atoms with Crippen LogP contribution in [-0.2, 0) is 33.3 Å². The van der Waals surface area contributed by atoms with E-state index in [0.29, 0.717) is 11.1 Å². The number of benzene rings is 2. The average molecular weight is 481 g/mol. The summed E-state index contributed by atoms with van der Waals surface area (Å²) >= 11 is 0. The number of carbonyl (C=O) groups is 2. The van der Waals surface area contributed by atoms with Crippen molar-refractivity contribution in [2.24, 2.45) is 5.92 Å². The number of ether oxygens (including phenoxy) is 2. The number of rotatable bonds is 6. The Hall–Kier alpha value is -3.10. The third kappa shape index (κ3) is 7.20. The van der Waals surface area contributed by atoms with E-state index >= 15 is 0 Å². The van der Waals surface area contributed by atoms with Gasteiger partial charge in [-0.25, -0.2) is 9.18 Å². The zero-order valence-corrected chi connectivity index (χ0v) is 19.1. The molecule has 2 aromatic rings. The minimum atomic E-state index is -4.43. The van der Waals surface area contributed by atoms with E-state index in [0.717, 1.165) is 12.1 Å². The first-order chi connectivity index (χ1) is 15.8. The predicted octanol–water partition coefficient (Wildman–Crippen LogP) is 5.45. The van der Waals surface area contributed by atoms with Crippen LogP contribution in [0.15, 0.2) is 48.5 Å². The molecule has 1 amide bonds. The highest BCUT2D eigenvalue weighted by molar-refractivity contribution is 5.77. The van der Waals surface area contributed by atoms with Crippen molar-refractivity contribution >= 4 is 12.1 Å². The number of hydrogen-bond donors (Lipinski definition) is 1. The molecule has 5 nitrogen and oxygen atoms in total. The molecule has 0 spiro atoms. The molecule has 1 N–H and O–H groups in total. The van der Waals surface area contributed by atoms with E-state index < -0.39 is 53.3 Å². The Morgan fingerprint density at radius 1 is 1.06 bits per heavy atom. The standard InChI is InChI=1S/C25H27F4NO4/c1-24(2,3)34-23(32)30-21(13-16-6-10-18(26)11-7-16)20-14-19(33-22(20)31)12-15-4-8-17(9-5-15)25(27,28)29/h4-11,19-21H,12-14H2,1-3H3,(H,30,32)/t19-,20-,21+/m1/s1. The maximum absolute atomic E-state index is 13.3. The second kappa shape index (κ2) is 10.0. The van der Waals surface area contributed by atoms with Gasteiger partial charge in [0.15, 0.2) is 0 Å². The van der Waals surface area contributed by atoms with Crippen LogP contribution in [0.5, 0.6) is 0 Å². The van der Waals surface area contributed by atoms with Crippen molar-refractivity contribution in [2.75, 3.05) is 0 Å². The molecular formula is C25H27F4NO4. The molecule has 0 radical (unpaired) electrons. The number of carbonyl (C=O) groups excluding carboxylic acids is 2. The van der Waals surface area contributed by atoms with E-state index in [4.69, 9.17) is 9.47 Å². The van der Waals surface area contributed by atoms with Crippen LogP contribution < -0.4 is 5.32 Å². The smallest absolute Gasteiger partial charge is 0.416 e. The molecule has 34 heavy (non-hydrogen) atoms. The molecule has 0 unspecified atom stereocenters. The molecule has 1 aliphatic heterocycles. The summed E-state index contributed by atoms with van der Waals surface area (Å²) in [5.74, 6) is -1.62. The Labute approximate surface area is 195 Å². The van der Waals surface area contributed by atoms with E-state index in [9.17, 15) is 27.2 Å². The summed E-state index contributed by atoms with van der Waals surface area (Å²) < 4.78 is 62.5. The van der Waals surface area contributed by atoms with Crippen molar-refractivity contribution < 1.29 is 36.6 Å². The number of halogens is 4. The number of cyclic esters (lactones) is 1. The highest BCUT2D eigenvalue weighted by atomic mass is 19.4. The fourth-order valence-corrected chi connectivity index (χ4v) is 3.85. The van der Waals surface area contributed by atoms with Crippen LogP contribution >= 0.6 is 0 Å². The Bertz CT molecular complexity index is 998. The van der Waals surface area contributed by atoms with Crippen LogP contribution in [-0.4, -0.2) is 29.8 Å². The van der Waals surface area contributed by atoms with Gasteiger partial charge in [0.2, 0.25) is 0 Å². The van der Waals surface area contributed by atoms with Gasteiger partial charge in [-0.05, 0) is 69.0 Å². The van der Waals surface area contributed by atoms with Crippen LogP contribution in [0.1, 0.15) is 43.9 Å². The fourth-order valence-electron chi connectivity index (χ4n) is 3.85. The first kappa shape index (κ1) is 25.5. The number of nitrogens with one attached hydrogen (secondary N) is 1. The van der Waals surface area contributed by atoms with E-state index in [1.54, 1.807) is 32.9 Å². The minimum Gasteiger partial charge on any atom is -0.462 e. The summed E-state index contributed by atoms with van der Waals surface area (Å²) in [6, 6.07) is 9.75. The zero-order valence-electron chi connectivity index (χ0n) is 19.1. The first-order valence-corrected chi connectivity index (χ1v) is 10.9. The third-order valence-electron chi connectivity index (χ3n) is 5.40. The lowest BCUT2D eigenvalue weighted by molar-refractivity contribution is -0.144. The van der Waals surface area contributed by atoms with E-state index in [1.165, 1.54) is 24.3 Å². The minimum absolute atomic E-state index is 0.242. The first-order valence-electron chi connectivity index (χ1n) is 10.9. The van der Waals surface area contributed by atoms with Gasteiger partial charge in [-0.3, -0.25) is 4.79 Å². The molecule has 0 bridgehead atoms. The monoisotopic (exact) mass is 481 g/mol. The molecule has 0 aliphatic carbocycles. The van der Waals surface area contributed by atoms with Gasteiger partial charge in [-0.2, -0.15) is 13.2 Å². The Balaban J connectivity index is 1.72. The number of alkyl carbamates (subject to hydrolysis) is 1. The topological polar surface area (TPSA) is 64.6 Å². The Morgan fingerprint density at radius 2 is 1.65 bits per heavy atom. The lowest BCUT2D eigenvalue weighted by atomic mass is 9.89. The highest BCUT2D eigenvalue weighted by Gasteiger charge is 2.41. The van der Waals surface area contributed by atoms with Gasteiger partial charge in [0.1, 0.15) is 17.5 Å². The maximum atomic E-state index is 13.3. The van der Waals surface area contributed by atoms with Crippen LogP contribution in [0.25, 0.3) is 0 Å². The molecule has 1 fully saturated rings. The molecule has 2 aromatic carbocycles. The quantitative estimate of drug-likeness (QED) is 0.440. The molecule has 0 saturated carbocycles. The molecule has 1 heterocycles. The Morgan fingerprint density at radius 3 is 2.21 bits per heavy atom. The molecule has 9 heteroatoms. The molecule has 184 valence electrons. The molecule has 3 atom stereocenters. The van der Waals surface area contributed by atoms with Crippen molar-refractivity contribution in [2.45, 2.75) is 64.0 Å². The van der Waals surface area contributed by atoms with Crippen molar-refractivity contribution in [3.05, 3.63) is 71.0 Å². The zero-order chi connectivity index (χ0) is 25.1. The van der Waals surface area contributed by atoms with Gasteiger partial charge in [-0.15, -0.1) is 0 Å². The number of hydrogen-bond acceptors (Lipinski definition) is 4. The van der Waals surface area contributed by atoms with E-state index in [-0.39, 0.29) is 19.3 Å². The number of esters is 1. The van der Waals surface area contributed by atoms with Gasteiger partial charge in [0.05, 0.1) is 11.5 Å². The van der Waals surface area contributed by atoms with Crippen LogP contribution in [0, 0.1) is 11.7 Å². The Kier molecular flexibility index (Phi) is 7.53. The van der Waals surface area contributed by atoms with Gasteiger partial charge in [0.25, 0.3) is 0 Å². The van der Waals surface area contributed by atoms with Gasteiger partial charge in [0, 0.05) is 12.5 Å². The molecule has 3 rings (SSSR count). The molecule has 1 aliphatic rings. The molecular weight excluding hydrogens is 454 g/mol. The lowest BCUT2D eigenvalue weighted by Crippen LogP contribution is -2.45. The van der Waals surface area contributed by atoms with Gasteiger partial charge >= 0.3 is 18.2 Å². The number of amides is 1. The molecule has 0 aromatic heterocycles. The van der Waals surface area contributed by atoms with Gasteiger partial charge in [-0.1, -0.05) is 24.3 Å². The van der Waals surface area contributed by atoms with Crippen molar-refractivity contribution in [1.29, 1.82) is 0 Å². The third-order valence-corrected chi connectivity index (χ3v) is 5.40. The largest absolute Gasteiger partial charge is 0.462 e. The van der Waals surface area contributed by atoms with Crippen LogP contribution in [0.4, 0.5) is 22.4 Å². The summed E-state index contributed by atoms with van der Waals surface area (Å²) in [5.41, 5.74) is -0.187. The molecule has 1 saturated heterocycles. The second-order valence-electron chi connectivity index (χ2n) is 9.38. The second-order valence-corrected chi connectivity index (χ2v) is 9.38. The fraction of sp³-hybridized carbons (Fsp3) is 0.440. The maximum Gasteiger partial charge on any atom is 0.416 e. The van der Waals surface area contributed by atoms with E-state index in [2.05, 4.69) is 5.32 Å². The lowest BCUT2D eigenvalue weighted by Gasteiger charge is -2.26. The highest BCUT2D eigenvalue weighted by Crippen LogP contribution is 2.31. The van der Waals surface area contributed by atoms with Crippen molar-refractivity contribution in [3.63, 3.8) is 0 Å². The summed E-state index contributed by atoms with van der Waals surface area (Å²) in [5, 5.41) is 2.74. The van der Waals surface area contributed by atoms with Crippen molar-refractivity contribution in [3.8, 4) is 0 Å². The van der Waals surface area contributed by atoms with Gasteiger partial charge < -0.3 is 14.8 Å². The van der Waals surface area contributed by atoms with E-state index in [1.807, 2.05) is 0 Å². The predicted molar refractivity (Wildman–Crippen MR) is 116 cm³/mol. The number of alkyl halides is 3.